The van der Waals surface area contributed by atoms with E-state index in [2.05, 4.69) is 32.3 Å². The highest BCUT2D eigenvalue weighted by atomic mass is 79.9. The number of terminal acetylenes is 1. The fourth-order valence-electron chi connectivity index (χ4n) is 1.89. The highest BCUT2D eigenvalue weighted by Crippen LogP contribution is 2.21. The van der Waals surface area contributed by atoms with Gasteiger partial charge in [-0.25, -0.2) is 13.1 Å². The standard InChI is InChI=1S/C11H12BrN3O3S/c1-2-4-15-11(16)10(12)9(6-13-15)14-8-3-5-19(17,18)7-8/h1,6,8,14H,3-5,7H2. The van der Waals surface area contributed by atoms with Crippen LogP contribution in [0.2, 0.25) is 0 Å². The quantitative estimate of drug-likeness (QED) is 0.793. The van der Waals surface area contributed by atoms with Crippen molar-refractivity contribution < 1.29 is 8.42 Å². The first-order valence-electron chi connectivity index (χ1n) is 5.59. The van der Waals surface area contributed by atoms with Gasteiger partial charge in [-0.2, -0.15) is 5.10 Å². The zero-order valence-corrected chi connectivity index (χ0v) is 12.4. The van der Waals surface area contributed by atoms with Crippen molar-refractivity contribution in [2.24, 2.45) is 0 Å². The third-order valence-corrected chi connectivity index (χ3v) is 5.35. The molecule has 1 atom stereocenters. The van der Waals surface area contributed by atoms with Gasteiger partial charge in [0.2, 0.25) is 0 Å². The molecule has 1 fully saturated rings. The summed E-state index contributed by atoms with van der Waals surface area (Å²) in [6.07, 6.45) is 7.13. The van der Waals surface area contributed by atoms with Crippen molar-refractivity contribution in [1.29, 1.82) is 0 Å². The molecule has 0 aromatic carbocycles. The Morgan fingerprint density at radius 3 is 2.95 bits per heavy atom. The lowest BCUT2D eigenvalue weighted by molar-refractivity contribution is 0.602. The second kappa shape index (κ2) is 5.35. The lowest BCUT2D eigenvalue weighted by atomic mass is 10.2. The van der Waals surface area contributed by atoms with E-state index >= 15 is 0 Å². The van der Waals surface area contributed by atoms with E-state index in [1.165, 1.54) is 6.20 Å². The summed E-state index contributed by atoms with van der Waals surface area (Å²) in [6.45, 7) is 0.0928. The van der Waals surface area contributed by atoms with Gasteiger partial charge in [-0.05, 0) is 22.4 Å². The lowest BCUT2D eigenvalue weighted by Crippen LogP contribution is -2.27. The first-order valence-corrected chi connectivity index (χ1v) is 8.20. The summed E-state index contributed by atoms with van der Waals surface area (Å²) in [5, 5.41) is 6.95. The molecule has 1 aromatic heterocycles. The summed E-state index contributed by atoms with van der Waals surface area (Å²) in [5.74, 6) is 2.58. The average molecular weight is 346 g/mol. The predicted octanol–water partition coefficient (Wildman–Crippen LogP) is 0.238. The first-order chi connectivity index (χ1) is 8.93. The van der Waals surface area contributed by atoms with Crippen LogP contribution in [0.3, 0.4) is 0 Å². The monoisotopic (exact) mass is 345 g/mol. The third-order valence-electron chi connectivity index (χ3n) is 2.82. The fraction of sp³-hybridized carbons (Fsp3) is 0.455. The van der Waals surface area contributed by atoms with E-state index in [1.54, 1.807) is 0 Å². The molecule has 1 saturated heterocycles. The van der Waals surface area contributed by atoms with Gasteiger partial charge in [0.15, 0.2) is 9.84 Å². The molecular weight excluding hydrogens is 334 g/mol. The smallest absolute Gasteiger partial charge is 0.284 e. The van der Waals surface area contributed by atoms with E-state index in [9.17, 15) is 13.2 Å². The summed E-state index contributed by atoms with van der Waals surface area (Å²) in [6, 6.07) is -0.189. The van der Waals surface area contributed by atoms with Gasteiger partial charge in [-0.1, -0.05) is 5.92 Å². The molecule has 0 radical (unpaired) electrons. The van der Waals surface area contributed by atoms with Crippen LogP contribution in [0.1, 0.15) is 6.42 Å². The van der Waals surface area contributed by atoms with Crippen molar-refractivity contribution in [3.05, 3.63) is 21.0 Å². The van der Waals surface area contributed by atoms with Gasteiger partial charge in [0.1, 0.15) is 11.0 Å². The summed E-state index contributed by atoms with van der Waals surface area (Å²) >= 11 is 3.18. The number of nitrogens with zero attached hydrogens (tertiary/aromatic N) is 2. The highest BCUT2D eigenvalue weighted by molar-refractivity contribution is 9.10. The largest absolute Gasteiger partial charge is 0.379 e. The maximum atomic E-state index is 11.9. The summed E-state index contributed by atoms with van der Waals surface area (Å²) in [5.41, 5.74) is 0.143. The molecule has 2 rings (SSSR count). The number of sulfone groups is 1. The van der Waals surface area contributed by atoms with E-state index in [0.717, 1.165) is 4.68 Å². The molecular formula is C11H12BrN3O3S. The molecule has 19 heavy (non-hydrogen) atoms. The number of hydrogen-bond donors (Lipinski definition) is 1. The van der Waals surface area contributed by atoms with E-state index < -0.39 is 9.84 Å². The lowest BCUT2D eigenvalue weighted by Gasteiger charge is -2.13. The van der Waals surface area contributed by atoms with E-state index in [1.807, 2.05) is 0 Å². The summed E-state index contributed by atoms with van der Waals surface area (Å²) < 4.78 is 24.2. The molecule has 102 valence electrons. The van der Waals surface area contributed by atoms with E-state index in [4.69, 9.17) is 6.42 Å². The zero-order chi connectivity index (χ0) is 14.0. The molecule has 0 amide bonds. The fourth-order valence-corrected chi connectivity index (χ4v) is 3.99. The number of anilines is 1. The van der Waals surface area contributed by atoms with Crippen molar-refractivity contribution in [1.82, 2.24) is 9.78 Å². The molecule has 6 nitrogen and oxygen atoms in total. The Balaban J connectivity index is 2.21. The molecule has 1 N–H and O–H groups in total. The van der Waals surface area contributed by atoms with Gasteiger partial charge in [-0.3, -0.25) is 4.79 Å². The second-order valence-electron chi connectivity index (χ2n) is 4.28. The minimum Gasteiger partial charge on any atom is -0.379 e. The third kappa shape index (κ3) is 3.16. The Morgan fingerprint density at radius 1 is 1.63 bits per heavy atom. The Morgan fingerprint density at radius 2 is 2.37 bits per heavy atom. The van der Waals surface area contributed by atoms with Crippen molar-refractivity contribution in [2.75, 3.05) is 16.8 Å². The molecule has 0 bridgehead atoms. The molecule has 0 aliphatic carbocycles. The maximum absolute atomic E-state index is 11.9. The van der Waals surface area contributed by atoms with Crippen LogP contribution < -0.4 is 10.9 Å². The maximum Gasteiger partial charge on any atom is 0.284 e. The van der Waals surface area contributed by atoms with Crippen LogP contribution in [0.5, 0.6) is 0 Å². The van der Waals surface area contributed by atoms with E-state index in [0.29, 0.717) is 16.6 Å². The number of aromatic nitrogens is 2. The van der Waals surface area contributed by atoms with Crippen LogP contribution in [0.25, 0.3) is 0 Å². The minimum atomic E-state index is -2.96. The number of halogens is 1. The van der Waals surface area contributed by atoms with Crippen molar-refractivity contribution >= 4 is 31.5 Å². The average Bonchev–Trinajstić information content (AvgIpc) is 2.69. The van der Waals surface area contributed by atoms with Crippen LogP contribution >= 0.6 is 15.9 Å². The summed E-state index contributed by atoms with van der Waals surface area (Å²) in [7, 11) is -2.96. The van der Waals surface area contributed by atoms with Crippen LogP contribution in [0.4, 0.5) is 5.69 Å². The number of rotatable bonds is 3. The molecule has 1 aliphatic heterocycles. The van der Waals surface area contributed by atoms with Gasteiger partial charge < -0.3 is 5.32 Å². The molecule has 1 unspecified atom stereocenters. The number of nitrogens with one attached hydrogen (secondary N) is 1. The number of hydrogen-bond acceptors (Lipinski definition) is 5. The van der Waals surface area contributed by atoms with Crippen LogP contribution in [0.15, 0.2) is 15.5 Å². The van der Waals surface area contributed by atoms with Gasteiger partial charge in [-0.15, -0.1) is 6.42 Å². The molecule has 1 aliphatic rings. The second-order valence-corrected chi connectivity index (χ2v) is 7.31. The first kappa shape index (κ1) is 14.1. The van der Waals surface area contributed by atoms with Gasteiger partial charge >= 0.3 is 0 Å². The molecule has 2 heterocycles. The van der Waals surface area contributed by atoms with Crippen LogP contribution in [-0.2, 0) is 16.4 Å². The topological polar surface area (TPSA) is 81.1 Å². The molecule has 0 saturated carbocycles. The highest BCUT2D eigenvalue weighted by Gasteiger charge is 2.28. The van der Waals surface area contributed by atoms with Gasteiger partial charge in [0, 0.05) is 6.04 Å². The van der Waals surface area contributed by atoms with Crippen molar-refractivity contribution in [3.8, 4) is 12.3 Å². The van der Waals surface area contributed by atoms with Gasteiger partial charge in [0.05, 0.1) is 23.4 Å². The predicted molar refractivity (Wildman–Crippen MR) is 75.7 cm³/mol. The molecule has 8 heteroatoms. The molecule has 1 aromatic rings. The Kier molecular flexibility index (Phi) is 3.96. The molecule has 0 spiro atoms. The Hall–Kier alpha value is -1.33. The van der Waals surface area contributed by atoms with Crippen molar-refractivity contribution in [2.45, 2.75) is 19.0 Å². The van der Waals surface area contributed by atoms with Gasteiger partial charge in [0.25, 0.3) is 5.56 Å². The van der Waals surface area contributed by atoms with E-state index in [-0.39, 0.29) is 29.7 Å². The SMILES string of the molecule is C#CCn1ncc(NC2CCS(=O)(=O)C2)c(Br)c1=O. The summed E-state index contributed by atoms with van der Waals surface area (Å²) in [4.78, 5) is 11.9. The van der Waals surface area contributed by atoms with Crippen LogP contribution in [-0.4, -0.2) is 35.7 Å². The van der Waals surface area contributed by atoms with Crippen LogP contribution in [0, 0.1) is 12.3 Å². The normalized spacial score (nSPS) is 20.9. The minimum absolute atomic E-state index is 0.0763. The Labute approximate surface area is 119 Å². The van der Waals surface area contributed by atoms with Crippen molar-refractivity contribution in [3.63, 3.8) is 0 Å². The Bertz CT molecular complexity index is 690. The zero-order valence-electron chi connectivity index (χ0n) is 9.97.